The van der Waals surface area contributed by atoms with Gasteiger partial charge in [0.2, 0.25) is 0 Å². The highest BCUT2D eigenvalue weighted by Gasteiger charge is 2.32. The third-order valence-electron chi connectivity index (χ3n) is 10.5. The molecule has 0 fully saturated rings. The van der Waals surface area contributed by atoms with Crippen molar-refractivity contribution in [3.05, 3.63) is 194 Å². The van der Waals surface area contributed by atoms with Crippen molar-refractivity contribution in [3.8, 4) is 0 Å². The maximum Gasteiger partial charge on any atom is 0.171 e. The fourth-order valence-electron chi connectivity index (χ4n) is 7.99. The van der Waals surface area contributed by atoms with E-state index in [0.717, 1.165) is 81.0 Å². The summed E-state index contributed by atoms with van der Waals surface area (Å²) in [6.45, 7) is 0. The molecule has 0 amide bonds. The molecule has 0 N–H and O–H groups in total. The number of nitrogens with zero attached hydrogens (tertiary/aromatic N) is 2. The molecule has 10 rings (SSSR count). The van der Waals surface area contributed by atoms with Crippen LogP contribution in [-0.4, -0.2) is 9.38 Å². The Morgan fingerprint density at radius 1 is 0.377 bits per heavy atom. The summed E-state index contributed by atoms with van der Waals surface area (Å²) in [5, 5.41) is 9.98. The van der Waals surface area contributed by atoms with Crippen LogP contribution in [-0.2, 0) is 9.13 Å². The van der Waals surface area contributed by atoms with E-state index in [1.165, 1.54) is 0 Å². The zero-order valence-corrected chi connectivity index (χ0v) is 30.4. The van der Waals surface area contributed by atoms with E-state index in [2.05, 4.69) is 59.0 Å². The van der Waals surface area contributed by atoms with Crippen LogP contribution >= 0.6 is 14.3 Å². The number of pyridine rings is 1. The highest BCUT2D eigenvalue weighted by atomic mass is 31.2. The van der Waals surface area contributed by atoms with Gasteiger partial charge >= 0.3 is 0 Å². The van der Waals surface area contributed by atoms with Crippen LogP contribution in [0.3, 0.4) is 0 Å². The summed E-state index contributed by atoms with van der Waals surface area (Å²) >= 11 is 0. The Hall–Kier alpha value is -6.05. The second-order valence-corrected chi connectivity index (χ2v) is 19.0. The Morgan fingerprint density at radius 3 is 1.42 bits per heavy atom. The quantitative estimate of drug-likeness (QED) is 0.127. The van der Waals surface area contributed by atoms with E-state index in [-0.39, 0.29) is 0 Å². The number of imidazole rings is 1. The number of aromatic nitrogens is 2. The first-order chi connectivity index (χ1) is 26.0. The van der Waals surface area contributed by atoms with Crippen LogP contribution in [0.1, 0.15) is 0 Å². The molecule has 252 valence electrons. The van der Waals surface area contributed by atoms with Crippen molar-refractivity contribution in [2.75, 3.05) is 0 Å². The van der Waals surface area contributed by atoms with Crippen LogP contribution in [0.25, 0.3) is 49.1 Å². The molecule has 53 heavy (non-hydrogen) atoms. The molecule has 2 heterocycles. The van der Waals surface area contributed by atoms with Crippen molar-refractivity contribution < 1.29 is 9.13 Å². The average molecular weight is 719 g/mol. The van der Waals surface area contributed by atoms with Gasteiger partial charge in [0.25, 0.3) is 0 Å². The predicted octanol–water partition coefficient (Wildman–Crippen LogP) is 9.23. The highest BCUT2D eigenvalue weighted by molar-refractivity contribution is 7.85. The minimum atomic E-state index is -3.27. The second-order valence-electron chi connectivity index (χ2n) is 13.4. The van der Waals surface area contributed by atoms with E-state index in [4.69, 9.17) is 4.98 Å². The zero-order valence-electron chi connectivity index (χ0n) is 28.6. The van der Waals surface area contributed by atoms with Crippen molar-refractivity contribution in [1.29, 1.82) is 0 Å². The van der Waals surface area contributed by atoms with Gasteiger partial charge in [0.05, 0.1) is 16.6 Å². The van der Waals surface area contributed by atoms with Gasteiger partial charge in [-0.2, -0.15) is 0 Å². The largest absolute Gasteiger partial charge is 0.309 e. The summed E-state index contributed by atoms with van der Waals surface area (Å²) in [5.41, 5.74) is 3.35. The molecule has 0 saturated carbocycles. The molecule has 0 spiro atoms. The fraction of sp³-hybridized carbons (Fsp3) is 0. The van der Waals surface area contributed by atoms with Crippen molar-refractivity contribution >= 4 is 95.2 Å². The third-order valence-corrected chi connectivity index (χ3v) is 16.6. The van der Waals surface area contributed by atoms with E-state index in [1.54, 1.807) is 0 Å². The molecule has 8 aromatic carbocycles. The van der Waals surface area contributed by atoms with E-state index in [9.17, 15) is 0 Å². The van der Waals surface area contributed by atoms with E-state index in [0.29, 0.717) is 0 Å². The lowest BCUT2D eigenvalue weighted by molar-refractivity contribution is 0.591. The number of benzene rings is 8. The smallest absolute Gasteiger partial charge is 0.171 e. The van der Waals surface area contributed by atoms with Crippen LogP contribution < -0.4 is 31.8 Å². The summed E-state index contributed by atoms with van der Waals surface area (Å²) < 4.78 is 33.3. The van der Waals surface area contributed by atoms with E-state index >= 15 is 9.13 Å². The van der Waals surface area contributed by atoms with Gasteiger partial charge in [0, 0.05) is 42.6 Å². The van der Waals surface area contributed by atoms with Crippen molar-refractivity contribution in [2.24, 2.45) is 0 Å². The van der Waals surface area contributed by atoms with Gasteiger partial charge in [-0.25, -0.2) is 4.98 Å². The zero-order chi connectivity index (χ0) is 35.6. The summed E-state index contributed by atoms with van der Waals surface area (Å²) in [7, 11) is -6.51. The number of hydrogen-bond donors (Lipinski definition) is 0. The van der Waals surface area contributed by atoms with Crippen LogP contribution in [0.4, 0.5) is 0 Å². The number of fused-ring (bicyclic) bond motifs is 10. The Kier molecular flexibility index (Phi) is 7.34. The van der Waals surface area contributed by atoms with Crippen LogP contribution in [0.2, 0.25) is 0 Å². The highest BCUT2D eigenvalue weighted by Crippen LogP contribution is 2.46. The molecular weight excluding hydrogens is 686 g/mol. The Balaban J connectivity index is 1.32. The van der Waals surface area contributed by atoms with Crippen molar-refractivity contribution in [3.63, 3.8) is 0 Å². The van der Waals surface area contributed by atoms with Crippen LogP contribution in [0.15, 0.2) is 194 Å². The molecule has 4 nitrogen and oxygen atoms in total. The van der Waals surface area contributed by atoms with Gasteiger partial charge in [-0.1, -0.05) is 170 Å². The first-order valence-corrected chi connectivity index (χ1v) is 21.1. The molecule has 2 aromatic heterocycles. The van der Waals surface area contributed by atoms with E-state index < -0.39 is 14.3 Å². The molecule has 0 atom stereocenters. The standard InChI is InChI=1S/C47H32N2O2P2/c50-52(34-16-5-1-6-17-34,35-18-7-2-8-19-35)38-27-30-44-43(31-38)48-47-46-40-24-14-13-15-33(40)25-28-42(46)41-29-26-39(32-45(41)49(44)47)53(51,36-20-9-3-10-21-36)37-22-11-4-12-23-37/h1-32H. The van der Waals surface area contributed by atoms with Gasteiger partial charge in [0.1, 0.15) is 5.65 Å². The maximum absolute atomic E-state index is 15.6. The first-order valence-electron chi connectivity index (χ1n) is 17.7. The second kappa shape index (κ2) is 12.3. The van der Waals surface area contributed by atoms with Crippen LogP contribution in [0, 0.1) is 0 Å². The Morgan fingerprint density at radius 2 is 0.849 bits per heavy atom. The lowest BCUT2D eigenvalue weighted by Crippen LogP contribution is -2.25. The lowest BCUT2D eigenvalue weighted by Gasteiger charge is -2.21. The normalized spacial score (nSPS) is 12.3. The minimum Gasteiger partial charge on any atom is -0.309 e. The SMILES string of the molecule is O=P(c1ccccc1)(c1ccccc1)c1ccc2c(c1)nc1c3c4ccccc4ccc3c3ccc(P(=O)(c4ccccc4)c4ccccc4)cc3n21. The molecule has 0 aliphatic carbocycles. The lowest BCUT2D eigenvalue weighted by atomic mass is 9.99. The molecule has 0 saturated heterocycles. The Bertz CT molecular complexity index is 3020. The summed E-state index contributed by atoms with van der Waals surface area (Å²) in [6, 6.07) is 64.1. The molecule has 0 bridgehead atoms. The molecule has 0 radical (unpaired) electrons. The number of rotatable bonds is 6. The first kappa shape index (κ1) is 31.7. The molecule has 0 aliphatic rings. The van der Waals surface area contributed by atoms with Gasteiger partial charge in [-0.05, 0) is 40.4 Å². The number of hydrogen-bond acceptors (Lipinski definition) is 3. The fourth-order valence-corrected chi connectivity index (χ4v) is 13.3. The third kappa shape index (κ3) is 4.80. The Labute approximate surface area is 306 Å². The monoisotopic (exact) mass is 718 g/mol. The topological polar surface area (TPSA) is 51.4 Å². The molecule has 6 heteroatoms. The summed E-state index contributed by atoms with van der Waals surface area (Å²) in [6.07, 6.45) is 0. The molecule has 0 unspecified atom stereocenters. The van der Waals surface area contributed by atoms with Gasteiger partial charge in [-0.3, -0.25) is 4.40 Å². The molecular formula is C47H32N2O2P2. The van der Waals surface area contributed by atoms with Crippen molar-refractivity contribution in [1.82, 2.24) is 9.38 Å². The summed E-state index contributed by atoms with van der Waals surface area (Å²) in [4.78, 5) is 5.39. The summed E-state index contributed by atoms with van der Waals surface area (Å²) in [5.74, 6) is 0. The molecule has 10 aromatic rings. The van der Waals surface area contributed by atoms with Gasteiger partial charge in [-0.15, -0.1) is 0 Å². The van der Waals surface area contributed by atoms with Gasteiger partial charge in [0.15, 0.2) is 14.3 Å². The van der Waals surface area contributed by atoms with Gasteiger partial charge < -0.3 is 9.13 Å². The average Bonchev–Trinajstić information content (AvgIpc) is 3.63. The predicted molar refractivity (Wildman–Crippen MR) is 224 cm³/mol. The van der Waals surface area contributed by atoms with Crippen molar-refractivity contribution in [2.45, 2.75) is 0 Å². The molecule has 0 aliphatic heterocycles. The maximum atomic E-state index is 15.6. The minimum absolute atomic E-state index is 0.725. The van der Waals surface area contributed by atoms with E-state index in [1.807, 2.05) is 140 Å². The van der Waals surface area contributed by atoms with Crippen LogP contribution in [0.5, 0.6) is 0 Å².